The Hall–Kier alpha value is -3.01. The summed E-state index contributed by atoms with van der Waals surface area (Å²) in [5, 5.41) is 3.96. The van der Waals surface area contributed by atoms with Crippen LogP contribution in [0.25, 0.3) is 22.5 Å². The van der Waals surface area contributed by atoms with Gasteiger partial charge in [-0.05, 0) is 42.0 Å². The van der Waals surface area contributed by atoms with Gasteiger partial charge in [0.05, 0.1) is 5.02 Å². The fraction of sp³-hybridized carbons (Fsp3) is 0. The number of benzene rings is 3. The van der Waals surface area contributed by atoms with Crippen molar-refractivity contribution >= 4 is 34.8 Å². The minimum absolute atomic E-state index is 0.189. The van der Waals surface area contributed by atoms with Crippen molar-refractivity contribution in [3.05, 3.63) is 101 Å². The topological polar surface area (TPSA) is 42.2 Å². The highest BCUT2D eigenvalue weighted by molar-refractivity contribution is 6.35. The summed E-state index contributed by atoms with van der Waals surface area (Å²) in [6.07, 6.45) is 0. The zero-order chi connectivity index (χ0) is 19.5. The van der Waals surface area contributed by atoms with Gasteiger partial charge in [0.15, 0.2) is 5.76 Å². The molecule has 5 heteroatoms. The van der Waals surface area contributed by atoms with Crippen LogP contribution in [0.3, 0.4) is 0 Å². The second kappa shape index (κ2) is 7.93. The third kappa shape index (κ3) is 3.81. The average molecular weight is 408 g/mol. The summed E-state index contributed by atoms with van der Waals surface area (Å²) in [6, 6.07) is 25.9. The summed E-state index contributed by atoms with van der Waals surface area (Å²) in [4.78, 5) is 12.7. The minimum Gasteiger partial charge on any atom is -0.451 e. The zero-order valence-corrected chi connectivity index (χ0v) is 16.2. The van der Waals surface area contributed by atoms with E-state index in [0.717, 1.165) is 11.1 Å². The van der Waals surface area contributed by atoms with Crippen molar-refractivity contribution in [2.45, 2.75) is 0 Å². The Bertz CT molecular complexity index is 1140. The second-order valence-corrected chi connectivity index (χ2v) is 7.00. The molecule has 1 aromatic heterocycles. The predicted molar refractivity (Wildman–Crippen MR) is 114 cm³/mol. The van der Waals surface area contributed by atoms with E-state index < -0.39 is 0 Å². The van der Waals surface area contributed by atoms with E-state index in [1.54, 1.807) is 30.3 Å². The standard InChI is InChI=1S/C23H15Cl2NO2/c24-16-10-11-19(25)18(14-16)21-12-13-22(28-21)23(27)26-20-9-5-4-8-17(20)15-6-2-1-3-7-15/h1-14H,(H,26,27). The summed E-state index contributed by atoms with van der Waals surface area (Å²) in [7, 11) is 0. The normalized spacial score (nSPS) is 10.6. The molecule has 28 heavy (non-hydrogen) atoms. The van der Waals surface area contributed by atoms with Crippen LogP contribution in [0.1, 0.15) is 10.6 Å². The number of furan rings is 1. The van der Waals surface area contributed by atoms with Crippen LogP contribution in [0.4, 0.5) is 5.69 Å². The lowest BCUT2D eigenvalue weighted by atomic mass is 10.0. The van der Waals surface area contributed by atoms with Crippen LogP contribution in [0.5, 0.6) is 0 Å². The van der Waals surface area contributed by atoms with Crippen LogP contribution < -0.4 is 5.32 Å². The molecular weight excluding hydrogens is 393 g/mol. The molecule has 0 spiro atoms. The van der Waals surface area contributed by atoms with Gasteiger partial charge in [0.25, 0.3) is 5.91 Å². The van der Waals surface area contributed by atoms with Crippen LogP contribution in [-0.2, 0) is 0 Å². The smallest absolute Gasteiger partial charge is 0.291 e. The van der Waals surface area contributed by atoms with Crippen molar-refractivity contribution in [2.75, 3.05) is 5.32 Å². The highest BCUT2D eigenvalue weighted by Crippen LogP contribution is 2.32. The van der Waals surface area contributed by atoms with E-state index in [9.17, 15) is 4.79 Å². The number of hydrogen-bond donors (Lipinski definition) is 1. The van der Waals surface area contributed by atoms with E-state index in [1.807, 2.05) is 54.6 Å². The van der Waals surface area contributed by atoms with Gasteiger partial charge in [-0.15, -0.1) is 0 Å². The molecule has 0 fully saturated rings. The maximum absolute atomic E-state index is 12.7. The molecule has 0 aliphatic rings. The monoisotopic (exact) mass is 407 g/mol. The Morgan fingerprint density at radius 2 is 1.54 bits per heavy atom. The number of carbonyl (C=O) groups is 1. The van der Waals surface area contributed by atoms with Crippen molar-refractivity contribution < 1.29 is 9.21 Å². The Morgan fingerprint density at radius 1 is 0.786 bits per heavy atom. The molecule has 4 aromatic rings. The molecule has 1 heterocycles. The van der Waals surface area contributed by atoms with E-state index in [1.165, 1.54) is 0 Å². The Kier molecular flexibility index (Phi) is 5.20. The van der Waals surface area contributed by atoms with Crippen molar-refractivity contribution in [1.82, 2.24) is 0 Å². The third-order valence-corrected chi connectivity index (χ3v) is 4.85. The summed E-state index contributed by atoms with van der Waals surface area (Å²) >= 11 is 12.3. The lowest BCUT2D eigenvalue weighted by molar-refractivity contribution is 0.0997. The van der Waals surface area contributed by atoms with Gasteiger partial charge in [-0.25, -0.2) is 0 Å². The summed E-state index contributed by atoms with van der Waals surface area (Å²) < 4.78 is 5.73. The number of halogens is 2. The first-order valence-electron chi connectivity index (χ1n) is 8.63. The summed E-state index contributed by atoms with van der Waals surface area (Å²) in [5.74, 6) is 0.329. The Balaban J connectivity index is 1.61. The fourth-order valence-electron chi connectivity index (χ4n) is 2.94. The number of nitrogens with one attached hydrogen (secondary N) is 1. The Morgan fingerprint density at radius 3 is 2.36 bits per heavy atom. The molecule has 1 amide bonds. The number of amides is 1. The van der Waals surface area contributed by atoms with Crippen molar-refractivity contribution in [2.24, 2.45) is 0 Å². The number of hydrogen-bond acceptors (Lipinski definition) is 2. The number of carbonyl (C=O) groups excluding carboxylic acids is 1. The number of rotatable bonds is 4. The molecule has 0 saturated carbocycles. The predicted octanol–water partition coefficient (Wildman–Crippen LogP) is 7.17. The average Bonchev–Trinajstić information content (AvgIpc) is 3.21. The van der Waals surface area contributed by atoms with Crippen molar-refractivity contribution in [1.29, 1.82) is 0 Å². The molecule has 0 radical (unpaired) electrons. The van der Waals surface area contributed by atoms with Crippen molar-refractivity contribution in [3.8, 4) is 22.5 Å². The van der Waals surface area contributed by atoms with Crippen LogP contribution in [0, 0.1) is 0 Å². The molecule has 3 aromatic carbocycles. The van der Waals surface area contributed by atoms with Crippen LogP contribution >= 0.6 is 23.2 Å². The van der Waals surface area contributed by atoms with Crippen LogP contribution in [0.2, 0.25) is 10.0 Å². The van der Waals surface area contributed by atoms with E-state index in [2.05, 4.69) is 5.32 Å². The second-order valence-electron chi connectivity index (χ2n) is 6.15. The molecule has 0 aliphatic carbocycles. The van der Waals surface area contributed by atoms with Gasteiger partial charge < -0.3 is 9.73 Å². The van der Waals surface area contributed by atoms with E-state index in [4.69, 9.17) is 27.6 Å². The zero-order valence-electron chi connectivity index (χ0n) is 14.7. The summed E-state index contributed by atoms with van der Waals surface area (Å²) in [5.41, 5.74) is 3.29. The first-order chi connectivity index (χ1) is 13.6. The molecular formula is C23H15Cl2NO2. The molecule has 1 N–H and O–H groups in total. The largest absolute Gasteiger partial charge is 0.451 e. The fourth-order valence-corrected chi connectivity index (χ4v) is 3.32. The lowest BCUT2D eigenvalue weighted by Crippen LogP contribution is -2.11. The van der Waals surface area contributed by atoms with Crippen molar-refractivity contribution in [3.63, 3.8) is 0 Å². The third-order valence-electron chi connectivity index (χ3n) is 4.28. The molecule has 0 unspecified atom stereocenters. The molecule has 0 atom stereocenters. The van der Waals surface area contributed by atoms with Gasteiger partial charge in [0.2, 0.25) is 0 Å². The van der Waals surface area contributed by atoms with E-state index in [-0.39, 0.29) is 11.7 Å². The number of anilines is 1. The quantitative estimate of drug-likeness (QED) is 0.389. The SMILES string of the molecule is O=C(Nc1ccccc1-c1ccccc1)c1ccc(-c2cc(Cl)ccc2Cl)o1. The minimum atomic E-state index is -0.340. The van der Waals surface area contributed by atoms with Gasteiger partial charge >= 0.3 is 0 Å². The molecule has 0 bridgehead atoms. The van der Waals surface area contributed by atoms with Gasteiger partial charge in [-0.3, -0.25) is 4.79 Å². The van der Waals surface area contributed by atoms with Gasteiger partial charge in [-0.1, -0.05) is 71.7 Å². The Labute approximate surface area is 172 Å². The first kappa shape index (κ1) is 18.4. The highest BCUT2D eigenvalue weighted by atomic mass is 35.5. The van der Waals surface area contributed by atoms with Crippen LogP contribution in [0.15, 0.2) is 89.3 Å². The molecule has 3 nitrogen and oxygen atoms in total. The lowest BCUT2D eigenvalue weighted by Gasteiger charge is -2.10. The van der Waals surface area contributed by atoms with Gasteiger partial charge in [-0.2, -0.15) is 0 Å². The first-order valence-corrected chi connectivity index (χ1v) is 9.38. The molecule has 0 aliphatic heterocycles. The highest BCUT2D eigenvalue weighted by Gasteiger charge is 2.16. The van der Waals surface area contributed by atoms with E-state index in [0.29, 0.717) is 27.1 Å². The van der Waals surface area contributed by atoms with Gasteiger partial charge in [0.1, 0.15) is 5.76 Å². The maximum Gasteiger partial charge on any atom is 0.291 e. The number of para-hydroxylation sites is 1. The molecule has 4 rings (SSSR count). The molecule has 0 saturated heterocycles. The summed E-state index contributed by atoms with van der Waals surface area (Å²) in [6.45, 7) is 0. The molecule has 138 valence electrons. The van der Waals surface area contributed by atoms with Gasteiger partial charge in [0, 0.05) is 21.8 Å². The maximum atomic E-state index is 12.7. The van der Waals surface area contributed by atoms with E-state index >= 15 is 0 Å². The van der Waals surface area contributed by atoms with Crippen LogP contribution in [-0.4, -0.2) is 5.91 Å².